The molecule has 9 heteroatoms. The van der Waals surface area contributed by atoms with Crippen molar-refractivity contribution in [3.8, 4) is 0 Å². The van der Waals surface area contributed by atoms with Crippen molar-refractivity contribution in [2.24, 2.45) is 5.41 Å². The largest absolute Gasteiger partial charge is 0.387 e. The van der Waals surface area contributed by atoms with E-state index in [4.69, 9.17) is 4.74 Å². The predicted octanol–water partition coefficient (Wildman–Crippen LogP) is 0.284. The fourth-order valence-corrected chi connectivity index (χ4v) is 3.52. The van der Waals surface area contributed by atoms with Gasteiger partial charge in [0.2, 0.25) is 0 Å². The number of fused-ring (bicyclic) bond motifs is 1. The predicted molar refractivity (Wildman–Crippen MR) is 122 cm³/mol. The van der Waals surface area contributed by atoms with Crippen LogP contribution in [-0.4, -0.2) is 85.3 Å². The molecule has 1 aromatic rings. The minimum atomic E-state index is -1.71. The average molecular weight is 450 g/mol. The molecule has 0 fully saturated rings. The maximum atomic E-state index is 13.0. The van der Waals surface area contributed by atoms with Gasteiger partial charge in [-0.2, -0.15) is 0 Å². The molecule has 1 aliphatic rings. The number of hydrogen-bond donors (Lipinski definition) is 4. The zero-order valence-electron chi connectivity index (χ0n) is 19.5. The second-order valence-corrected chi connectivity index (χ2v) is 9.18. The Morgan fingerprint density at radius 3 is 2.31 bits per heavy atom. The van der Waals surface area contributed by atoms with E-state index in [1.165, 1.54) is 18.1 Å². The number of aliphatic hydroxyl groups excluding tert-OH is 3. The number of benzene rings is 1. The Kier molecular flexibility index (Phi) is 8.41. The Hall–Kier alpha value is -2.46. The number of anilines is 2. The van der Waals surface area contributed by atoms with E-state index in [1.807, 2.05) is 57.0 Å². The highest BCUT2D eigenvalue weighted by molar-refractivity contribution is 6.03. The molecule has 1 aliphatic heterocycles. The maximum Gasteiger partial charge on any atom is 0.252 e. The lowest BCUT2D eigenvalue weighted by atomic mass is 9.94. The third-order valence-electron chi connectivity index (χ3n) is 5.37. The summed E-state index contributed by atoms with van der Waals surface area (Å²) in [6.45, 7) is 5.96. The molecular weight excluding hydrogens is 414 g/mol. The summed E-state index contributed by atoms with van der Waals surface area (Å²) in [5.41, 5.74) is 1.32. The van der Waals surface area contributed by atoms with E-state index in [0.717, 1.165) is 5.69 Å². The minimum absolute atomic E-state index is 0.206. The van der Waals surface area contributed by atoms with Gasteiger partial charge in [0, 0.05) is 27.7 Å². The molecule has 0 bridgehead atoms. The normalized spacial score (nSPS) is 21.0. The Labute approximate surface area is 189 Å². The van der Waals surface area contributed by atoms with Gasteiger partial charge in [-0.05, 0) is 17.5 Å². The van der Waals surface area contributed by atoms with Crippen LogP contribution in [0, 0.1) is 5.41 Å². The molecule has 2 amide bonds. The highest BCUT2D eigenvalue weighted by Gasteiger charge is 2.38. The van der Waals surface area contributed by atoms with Gasteiger partial charge in [-0.1, -0.05) is 45.1 Å². The van der Waals surface area contributed by atoms with E-state index >= 15 is 0 Å². The Morgan fingerprint density at radius 2 is 1.75 bits per heavy atom. The topological polar surface area (TPSA) is 123 Å². The quantitative estimate of drug-likeness (QED) is 0.441. The third-order valence-corrected chi connectivity index (χ3v) is 5.37. The minimum Gasteiger partial charge on any atom is -0.387 e. The molecule has 0 spiro atoms. The molecule has 2 rings (SSSR count). The van der Waals surface area contributed by atoms with Crippen LogP contribution in [0.2, 0.25) is 0 Å². The van der Waals surface area contributed by atoms with Crippen molar-refractivity contribution in [3.05, 3.63) is 36.4 Å². The summed E-state index contributed by atoms with van der Waals surface area (Å²) >= 11 is 0. The molecular formula is C23H35N3O6. The number of para-hydroxylation sites is 2. The summed E-state index contributed by atoms with van der Waals surface area (Å²) in [6.07, 6.45) is -3.20. The molecule has 0 aliphatic carbocycles. The van der Waals surface area contributed by atoms with Crippen LogP contribution >= 0.6 is 0 Å². The SMILES string of the molecule is CO[C@H](C(=O)NC1CN(C)c2ccccc2N(C)C1=O)[C@H](O)[C@@H](O)[C@H](O)/C=C/C(C)(C)C. The van der Waals surface area contributed by atoms with Gasteiger partial charge in [0.15, 0.2) is 6.10 Å². The van der Waals surface area contributed by atoms with Crippen LogP contribution in [0.5, 0.6) is 0 Å². The van der Waals surface area contributed by atoms with E-state index in [-0.39, 0.29) is 17.9 Å². The van der Waals surface area contributed by atoms with Gasteiger partial charge in [0.25, 0.3) is 11.8 Å². The Morgan fingerprint density at radius 1 is 1.16 bits per heavy atom. The molecule has 1 unspecified atom stereocenters. The number of aliphatic hydroxyl groups is 3. The van der Waals surface area contributed by atoms with E-state index in [9.17, 15) is 24.9 Å². The number of amides is 2. The van der Waals surface area contributed by atoms with Gasteiger partial charge in [-0.25, -0.2) is 0 Å². The first-order valence-electron chi connectivity index (χ1n) is 10.5. The number of hydrogen-bond acceptors (Lipinski definition) is 7. The molecule has 1 heterocycles. The van der Waals surface area contributed by atoms with Crippen LogP contribution in [0.4, 0.5) is 11.4 Å². The van der Waals surface area contributed by atoms with Gasteiger partial charge in [0.05, 0.1) is 11.4 Å². The first-order valence-corrected chi connectivity index (χ1v) is 10.5. The molecule has 9 nitrogen and oxygen atoms in total. The fraction of sp³-hybridized carbons (Fsp3) is 0.565. The molecule has 0 saturated carbocycles. The standard InChI is InChI=1S/C23H35N3O6/c1-23(2,3)12-11-17(27)18(28)19(29)20(32-6)21(30)24-14-13-25(4)15-9-7-8-10-16(15)26(5)22(14)31/h7-12,14,17-20,27-29H,13H2,1-6H3,(H,24,30)/b12-11+/t14?,17-,18+,19-,20+/m1/s1. The lowest BCUT2D eigenvalue weighted by Gasteiger charge is -2.29. The highest BCUT2D eigenvalue weighted by atomic mass is 16.5. The van der Waals surface area contributed by atoms with Gasteiger partial charge < -0.3 is 35.2 Å². The number of ether oxygens (including phenoxy) is 1. The van der Waals surface area contributed by atoms with Crippen molar-refractivity contribution < 1.29 is 29.6 Å². The summed E-state index contributed by atoms with van der Waals surface area (Å²) in [5.74, 6) is -1.09. The zero-order valence-corrected chi connectivity index (χ0v) is 19.5. The van der Waals surface area contributed by atoms with E-state index in [2.05, 4.69) is 5.32 Å². The number of nitrogens with one attached hydrogen (secondary N) is 1. The summed E-state index contributed by atoms with van der Waals surface area (Å²) in [4.78, 5) is 29.2. The molecule has 0 aromatic heterocycles. The van der Waals surface area contributed by atoms with Crippen LogP contribution in [-0.2, 0) is 14.3 Å². The van der Waals surface area contributed by atoms with Crippen molar-refractivity contribution in [1.29, 1.82) is 0 Å². The average Bonchev–Trinajstić information content (AvgIpc) is 2.82. The first-order chi connectivity index (χ1) is 14.9. The van der Waals surface area contributed by atoms with Gasteiger partial charge in [0.1, 0.15) is 24.4 Å². The zero-order chi connectivity index (χ0) is 24.2. The van der Waals surface area contributed by atoms with Crippen LogP contribution in [0.25, 0.3) is 0 Å². The fourth-order valence-electron chi connectivity index (χ4n) is 3.52. The van der Waals surface area contributed by atoms with Gasteiger partial charge in [-0.3, -0.25) is 9.59 Å². The van der Waals surface area contributed by atoms with Crippen molar-refractivity contribution in [2.75, 3.05) is 37.5 Å². The van der Waals surface area contributed by atoms with E-state index in [1.54, 1.807) is 13.1 Å². The smallest absolute Gasteiger partial charge is 0.252 e. The lowest BCUT2D eigenvalue weighted by Crippen LogP contribution is -2.57. The number of allylic oxidation sites excluding steroid dienone is 1. The lowest BCUT2D eigenvalue weighted by molar-refractivity contribution is -0.150. The maximum absolute atomic E-state index is 13.0. The molecule has 32 heavy (non-hydrogen) atoms. The number of carbonyl (C=O) groups is 2. The number of nitrogens with zero attached hydrogens (tertiary/aromatic N) is 2. The molecule has 0 radical (unpaired) electrons. The van der Waals surface area contributed by atoms with Gasteiger partial charge >= 0.3 is 0 Å². The number of rotatable bonds is 7. The summed E-state index contributed by atoms with van der Waals surface area (Å²) in [5, 5.41) is 33.7. The second-order valence-electron chi connectivity index (χ2n) is 9.18. The molecule has 1 aromatic carbocycles. The van der Waals surface area contributed by atoms with E-state index in [0.29, 0.717) is 5.69 Å². The third kappa shape index (κ3) is 6.07. The molecule has 5 atom stereocenters. The molecule has 4 N–H and O–H groups in total. The molecule has 0 saturated heterocycles. The Bertz CT molecular complexity index is 837. The van der Waals surface area contributed by atoms with Crippen molar-refractivity contribution in [1.82, 2.24) is 5.32 Å². The monoisotopic (exact) mass is 449 g/mol. The first kappa shape index (κ1) is 25.8. The van der Waals surface area contributed by atoms with Crippen LogP contribution in [0.3, 0.4) is 0 Å². The van der Waals surface area contributed by atoms with Crippen LogP contribution in [0.1, 0.15) is 20.8 Å². The summed E-state index contributed by atoms with van der Waals surface area (Å²) in [7, 11) is 4.65. The molecule has 178 valence electrons. The number of methoxy groups -OCH3 is 1. The summed E-state index contributed by atoms with van der Waals surface area (Å²) < 4.78 is 5.12. The van der Waals surface area contributed by atoms with Gasteiger partial charge in [-0.15, -0.1) is 0 Å². The Balaban J connectivity index is 2.14. The van der Waals surface area contributed by atoms with Crippen LogP contribution in [0.15, 0.2) is 36.4 Å². The second kappa shape index (κ2) is 10.4. The number of likely N-dealkylation sites (N-methyl/N-ethyl adjacent to an activating group) is 2. The van der Waals surface area contributed by atoms with Crippen LogP contribution < -0.4 is 15.1 Å². The van der Waals surface area contributed by atoms with E-state index < -0.39 is 36.4 Å². The van der Waals surface area contributed by atoms with Crippen molar-refractivity contribution >= 4 is 23.2 Å². The highest BCUT2D eigenvalue weighted by Crippen LogP contribution is 2.30. The van der Waals surface area contributed by atoms with Crippen molar-refractivity contribution in [3.63, 3.8) is 0 Å². The summed E-state index contributed by atoms with van der Waals surface area (Å²) in [6, 6.07) is 6.49. The number of carbonyl (C=O) groups excluding carboxylic acids is 2. The van der Waals surface area contributed by atoms with Crippen molar-refractivity contribution in [2.45, 2.75) is 51.2 Å².